The van der Waals surface area contributed by atoms with Crippen molar-refractivity contribution < 1.29 is 14.3 Å². The van der Waals surface area contributed by atoms with Crippen LogP contribution in [0.5, 0.6) is 0 Å². The summed E-state index contributed by atoms with van der Waals surface area (Å²) in [6.07, 6.45) is 2.27. The molecule has 0 saturated heterocycles. The van der Waals surface area contributed by atoms with Crippen molar-refractivity contribution in [1.82, 2.24) is 15.0 Å². The summed E-state index contributed by atoms with van der Waals surface area (Å²) >= 11 is 0. The fourth-order valence-corrected chi connectivity index (χ4v) is 1.46. The Hall–Kier alpha value is -2.00. The Balaban J connectivity index is 3.04. The van der Waals surface area contributed by atoms with Crippen LogP contribution in [0.15, 0.2) is 0 Å². The molecule has 112 valence electrons. The normalized spacial score (nSPS) is 13.8. The molecule has 4 N–H and O–H groups in total. The zero-order valence-electron chi connectivity index (χ0n) is 11.9. The number of ether oxygens (including phenoxy) is 2. The standard InChI is InChI=1S/C11H20N6O3/c1-4-5-6-20-11(2,19-3)17(7-18)10-15-8(12)14-9(13)16-10/h7H,4-6H2,1-3H3,(H4,12,13,14,15,16). The Labute approximate surface area is 117 Å². The third kappa shape index (κ3) is 3.75. The predicted molar refractivity (Wildman–Crippen MR) is 73.5 cm³/mol. The topological polar surface area (TPSA) is 129 Å². The maximum Gasteiger partial charge on any atom is 0.257 e. The molecule has 0 radical (unpaired) electrons. The van der Waals surface area contributed by atoms with Gasteiger partial charge < -0.3 is 20.9 Å². The van der Waals surface area contributed by atoms with Crippen molar-refractivity contribution in [3.05, 3.63) is 0 Å². The second-order valence-electron chi connectivity index (χ2n) is 4.13. The number of hydrogen-bond donors (Lipinski definition) is 2. The van der Waals surface area contributed by atoms with Gasteiger partial charge in [-0.15, -0.1) is 0 Å². The molecular weight excluding hydrogens is 264 g/mol. The third-order valence-corrected chi connectivity index (χ3v) is 2.66. The smallest absolute Gasteiger partial charge is 0.257 e. The van der Waals surface area contributed by atoms with Gasteiger partial charge in [0.05, 0.1) is 6.61 Å². The highest BCUT2D eigenvalue weighted by atomic mass is 16.7. The highest BCUT2D eigenvalue weighted by molar-refractivity contribution is 5.72. The number of methoxy groups -OCH3 is 1. The van der Waals surface area contributed by atoms with Crippen LogP contribution in [-0.4, -0.2) is 41.0 Å². The average molecular weight is 284 g/mol. The van der Waals surface area contributed by atoms with Crippen LogP contribution in [0.25, 0.3) is 0 Å². The van der Waals surface area contributed by atoms with E-state index in [2.05, 4.69) is 15.0 Å². The van der Waals surface area contributed by atoms with Gasteiger partial charge in [-0.3, -0.25) is 4.79 Å². The molecule has 1 aromatic rings. The lowest BCUT2D eigenvalue weighted by Crippen LogP contribution is -2.50. The summed E-state index contributed by atoms with van der Waals surface area (Å²) in [5.41, 5.74) is 11.0. The van der Waals surface area contributed by atoms with Crippen LogP contribution in [0.1, 0.15) is 26.7 Å². The number of anilines is 3. The number of hydrogen-bond acceptors (Lipinski definition) is 8. The van der Waals surface area contributed by atoms with Gasteiger partial charge in [0.1, 0.15) is 0 Å². The van der Waals surface area contributed by atoms with E-state index < -0.39 is 5.91 Å². The van der Waals surface area contributed by atoms with Gasteiger partial charge in [0.15, 0.2) is 0 Å². The molecule has 1 unspecified atom stereocenters. The Morgan fingerprint density at radius 3 is 2.35 bits per heavy atom. The molecule has 0 aromatic carbocycles. The molecule has 0 spiro atoms. The van der Waals surface area contributed by atoms with E-state index in [0.717, 1.165) is 17.7 Å². The third-order valence-electron chi connectivity index (χ3n) is 2.66. The minimum absolute atomic E-state index is 0.0363. The lowest BCUT2D eigenvalue weighted by molar-refractivity contribution is -0.209. The molecule has 1 atom stereocenters. The minimum Gasteiger partial charge on any atom is -0.368 e. The van der Waals surface area contributed by atoms with Gasteiger partial charge in [-0.2, -0.15) is 15.0 Å². The van der Waals surface area contributed by atoms with Crippen molar-refractivity contribution in [1.29, 1.82) is 0 Å². The van der Waals surface area contributed by atoms with Crippen LogP contribution in [-0.2, 0) is 14.3 Å². The van der Waals surface area contributed by atoms with E-state index in [1.54, 1.807) is 6.92 Å². The summed E-state index contributed by atoms with van der Waals surface area (Å²) in [5, 5.41) is 0. The van der Waals surface area contributed by atoms with Crippen molar-refractivity contribution >= 4 is 24.3 Å². The van der Waals surface area contributed by atoms with Crippen LogP contribution in [0.3, 0.4) is 0 Å². The largest absolute Gasteiger partial charge is 0.368 e. The molecule has 0 bridgehead atoms. The number of amides is 1. The first-order chi connectivity index (χ1) is 9.46. The average Bonchev–Trinajstić information content (AvgIpc) is 2.38. The van der Waals surface area contributed by atoms with Crippen molar-refractivity contribution in [3.63, 3.8) is 0 Å². The first kappa shape index (κ1) is 16.1. The van der Waals surface area contributed by atoms with E-state index in [9.17, 15) is 4.79 Å². The summed E-state index contributed by atoms with van der Waals surface area (Å²) in [4.78, 5) is 23.8. The molecule has 9 heteroatoms. The molecular formula is C11H20N6O3. The predicted octanol–water partition coefficient (Wildman–Crippen LogP) is 0.136. The van der Waals surface area contributed by atoms with Gasteiger partial charge in [-0.25, -0.2) is 4.90 Å². The van der Waals surface area contributed by atoms with Crippen molar-refractivity contribution in [2.24, 2.45) is 0 Å². The highest BCUT2D eigenvalue weighted by Gasteiger charge is 2.35. The Kier molecular flexibility index (Phi) is 5.59. The summed E-state index contributed by atoms with van der Waals surface area (Å²) in [7, 11) is 1.41. The lowest BCUT2D eigenvalue weighted by Gasteiger charge is -2.35. The molecule has 1 amide bonds. The van der Waals surface area contributed by atoms with Crippen LogP contribution in [0.2, 0.25) is 0 Å². The lowest BCUT2D eigenvalue weighted by atomic mass is 10.3. The SMILES string of the molecule is CCCCOC(C)(OC)N(C=O)c1nc(N)nc(N)n1. The Morgan fingerprint density at radius 2 is 1.90 bits per heavy atom. The number of unbranched alkanes of at least 4 members (excludes halogenated alkanes) is 1. The summed E-state index contributed by atoms with van der Waals surface area (Å²) < 4.78 is 10.9. The molecule has 0 aliphatic rings. The zero-order chi connectivity index (χ0) is 15.2. The molecule has 1 heterocycles. The van der Waals surface area contributed by atoms with Crippen LogP contribution in [0, 0.1) is 0 Å². The maximum atomic E-state index is 11.4. The van der Waals surface area contributed by atoms with Crippen molar-refractivity contribution in [2.45, 2.75) is 32.6 Å². The number of aromatic nitrogens is 3. The Bertz CT molecular complexity index is 438. The molecule has 0 aliphatic heterocycles. The van der Waals surface area contributed by atoms with Gasteiger partial charge in [-0.05, 0) is 6.42 Å². The number of nitrogens with two attached hydrogens (primary N) is 2. The maximum absolute atomic E-state index is 11.4. The van der Waals surface area contributed by atoms with Gasteiger partial charge >= 0.3 is 0 Å². The van der Waals surface area contributed by atoms with E-state index >= 15 is 0 Å². The van der Waals surface area contributed by atoms with E-state index in [1.807, 2.05) is 6.92 Å². The van der Waals surface area contributed by atoms with E-state index in [0.29, 0.717) is 13.0 Å². The quantitative estimate of drug-likeness (QED) is 0.391. The van der Waals surface area contributed by atoms with E-state index in [1.165, 1.54) is 7.11 Å². The van der Waals surface area contributed by atoms with Crippen LogP contribution >= 0.6 is 0 Å². The first-order valence-corrected chi connectivity index (χ1v) is 6.17. The number of carbonyl (C=O) groups is 1. The van der Waals surface area contributed by atoms with Crippen molar-refractivity contribution in [3.8, 4) is 0 Å². The molecule has 0 aliphatic carbocycles. The second-order valence-corrected chi connectivity index (χ2v) is 4.13. The molecule has 20 heavy (non-hydrogen) atoms. The molecule has 1 rings (SSSR count). The number of nitrogen functional groups attached to an aromatic ring is 2. The molecule has 0 fully saturated rings. The fraction of sp³-hybridized carbons (Fsp3) is 0.636. The number of rotatable bonds is 8. The fourth-order valence-electron chi connectivity index (χ4n) is 1.46. The van der Waals surface area contributed by atoms with Gasteiger partial charge in [-0.1, -0.05) is 13.3 Å². The summed E-state index contributed by atoms with van der Waals surface area (Å²) in [6.45, 7) is 4.02. The highest BCUT2D eigenvalue weighted by Crippen LogP contribution is 2.22. The second kappa shape index (κ2) is 6.96. The summed E-state index contributed by atoms with van der Waals surface area (Å²) in [5.74, 6) is -1.57. The van der Waals surface area contributed by atoms with E-state index in [-0.39, 0.29) is 17.8 Å². The van der Waals surface area contributed by atoms with Crippen LogP contribution in [0.4, 0.5) is 17.8 Å². The summed E-state index contributed by atoms with van der Waals surface area (Å²) in [6, 6.07) is 0. The number of nitrogens with zero attached hydrogens (tertiary/aromatic N) is 4. The van der Waals surface area contributed by atoms with Crippen molar-refractivity contribution in [2.75, 3.05) is 30.1 Å². The molecule has 9 nitrogen and oxygen atoms in total. The Morgan fingerprint density at radius 1 is 1.30 bits per heavy atom. The molecule has 0 saturated carbocycles. The van der Waals surface area contributed by atoms with E-state index in [4.69, 9.17) is 20.9 Å². The molecule has 1 aromatic heterocycles. The number of carbonyl (C=O) groups excluding carboxylic acids is 1. The monoisotopic (exact) mass is 284 g/mol. The van der Waals surface area contributed by atoms with Gasteiger partial charge in [0, 0.05) is 14.0 Å². The zero-order valence-corrected chi connectivity index (χ0v) is 11.9. The first-order valence-electron chi connectivity index (χ1n) is 6.17. The van der Waals surface area contributed by atoms with Crippen LogP contribution < -0.4 is 16.4 Å². The van der Waals surface area contributed by atoms with Gasteiger partial charge in [0.2, 0.25) is 24.3 Å². The minimum atomic E-state index is -1.35. The van der Waals surface area contributed by atoms with Gasteiger partial charge in [0.25, 0.3) is 5.91 Å².